The normalized spacial score (nSPS) is 20.8. The summed E-state index contributed by atoms with van der Waals surface area (Å²) in [7, 11) is 0. The highest BCUT2D eigenvalue weighted by Gasteiger charge is 2.36. The fraction of sp³-hybridized carbons (Fsp3) is 0.467. The molecule has 1 amide bonds. The number of carboxylic acids is 1. The van der Waals surface area contributed by atoms with Crippen LogP contribution in [0.15, 0.2) is 24.3 Å². The summed E-state index contributed by atoms with van der Waals surface area (Å²) >= 11 is 0. The van der Waals surface area contributed by atoms with E-state index in [0.717, 1.165) is 5.56 Å². The lowest BCUT2D eigenvalue weighted by Crippen LogP contribution is -2.40. The summed E-state index contributed by atoms with van der Waals surface area (Å²) in [6.07, 6.45) is -0.0750. The smallest absolute Gasteiger partial charge is 0.305 e. The molecule has 1 fully saturated rings. The Kier molecular flexibility index (Phi) is 5.46. The first-order valence-corrected chi connectivity index (χ1v) is 7.27. The Morgan fingerprint density at radius 1 is 1.36 bits per heavy atom. The Hall–Kier alpha value is -1.99. The maximum atomic E-state index is 13.0. The van der Waals surface area contributed by atoms with Gasteiger partial charge < -0.3 is 10.0 Å². The van der Waals surface area contributed by atoms with Gasteiger partial charge in [-0.05, 0) is 24.6 Å². The highest BCUT2D eigenvalue weighted by atomic mass is 19.1. The molecule has 0 bridgehead atoms. The van der Waals surface area contributed by atoms with Gasteiger partial charge in [0.1, 0.15) is 5.82 Å². The minimum atomic E-state index is -0.927. The van der Waals surface area contributed by atoms with Crippen molar-refractivity contribution in [3.63, 3.8) is 0 Å². The average molecular weight is 309 g/mol. The number of carbonyl (C=O) groups excluding carboxylic acids is 1. The van der Waals surface area contributed by atoms with Crippen LogP contribution in [0.5, 0.6) is 0 Å². The van der Waals surface area contributed by atoms with E-state index in [1.165, 1.54) is 12.1 Å². The van der Waals surface area contributed by atoms with E-state index >= 15 is 0 Å². The fourth-order valence-corrected chi connectivity index (χ4v) is 2.60. The molecule has 0 aliphatic carbocycles. The van der Waals surface area contributed by atoms with Gasteiger partial charge in [-0.25, -0.2) is 9.82 Å². The van der Waals surface area contributed by atoms with E-state index in [0.29, 0.717) is 13.1 Å². The van der Waals surface area contributed by atoms with Crippen molar-refractivity contribution in [1.29, 1.82) is 0 Å². The van der Waals surface area contributed by atoms with Crippen LogP contribution in [0.4, 0.5) is 4.39 Å². The number of benzene rings is 1. The molecule has 0 spiro atoms. The molecule has 2 atom stereocenters. The van der Waals surface area contributed by atoms with Gasteiger partial charge in [0, 0.05) is 19.6 Å². The molecule has 6 nitrogen and oxygen atoms in total. The van der Waals surface area contributed by atoms with Gasteiger partial charge in [-0.1, -0.05) is 12.1 Å². The van der Waals surface area contributed by atoms with E-state index in [-0.39, 0.29) is 36.6 Å². The molecule has 0 aromatic heterocycles. The zero-order valence-corrected chi connectivity index (χ0v) is 12.4. The maximum absolute atomic E-state index is 13.0. The highest BCUT2D eigenvalue weighted by Crippen LogP contribution is 2.26. The molecule has 3 N–H and O–H groups in total. The third kappa shape index (κ3) is 3.80. The average Bonchev–Trinajstić information content (AvgIpc) is 2.97. The minimum Gasteiger partial charge on any atom is -0.481 e. The second-order valence-corrected chi connectivity index (χ2v) is 5.22. The molecular weight excluding hydrogens is 289 g/mol. The standard InChI is InChI=1S/C15H20FN3O3/c1-2-19(8-7-13(20)21)15(22)12-9-17-18-14(12)10-3-5-11(16)6-4-10/h3-6,12,14,17-18H,2,7-9H2,1H3,(H,20,21). The summed E-state index contributed by atoms with van der Waals surface area (Å²) in [6.45, 7) is 2.92. The van der Waals surface area contributed by atoms with Crippen molar-refractivity contribution in [1.82, 2.24) is 15.8 Å². The summed E-state index contributed by atoms with van der Waals surface area (Å²) in [4.78, 5) is 24.8. The number of amides is 1. The molecule has 1 saturated heterocycles. The maximum Gasteiger partial charge on any atom is 0.305 e. The van der Waals surface area contributed by atoms with Crippen LogP contribution in [0, 0.1) is 11.7 Å². The molecule has 0 radical (unpaired) electrons. The first-order valence-electron chi connectivity index (χ1n) is 7.27. The Morgan fingerprint density at radius 2 is 2.05 bits per heavy atom. The van der Waals surface area contributed by atoms with Crippen LogP contribution in [0.25, 0.3) is 0 Å². The molecular formula is C15H20FN3O3. The summed E-state index contributed by atoms with van der Waals surface area (Å²) in [5.41, 5.74) is 6.80. The number of hydrogen-bond donors (Lipinski definition) is 3. The quantitative estimate of drug-likeness (QED) is 0.728. The second kappa shape index (κ2) is 7.33. The predicted molar refractivity (Wildman–Crippen MR) is 78.3 cm³/mol. The van der Waals surface area contributed by atoms with E-state index in [2.05, 4.69) is 10.9 Å². The number of carboxylic acid groups (broad SMARTS) is 1. The van der Waals surface area contributed by atoms with E-state index < -0.39 is 5.97 Å². The summed E-state index contributed by atoms with van der Waals surface area (Å²) in [5.74, 6) is -1.70. The van der Waals surface area contributed by atoms with Crippen molar-refractivity contribution in [3.8, 4) is 0 Å². The SMILES string of the molecule is CCN(CCC(=O)O)C(=O)C1CNNC1c1ccc(F)cc1. The lowest BCUT2D eigenvalue weighted by atomic mass is 9.93. The third-order valence-corrected chi connectivity index (χ3v) is 3.82. The number of aliphatic carboxylic acids is 1. The second-order valence-electron chi connectivity index (χ2n) is 5.22. The Morgan fingerprint density at radius 3 is 2.64 bits per heavy atom. The fourth-order valence-electron chi connectivity index (χ4n) is 2.60. The Bertz CT molecular complexity index is 535. The zero-order chi connectivity index (χ0) is 16.1. The summed E-state index contributed by atoms with van der Waals surface area (Å²) in [6, 6.07) is 5.76. The van der Waals surface area contributed by atoms with Crippen LogP contribution in [0.2, 0.25) is 0 Å². The molecule has 1 aliphatic rings. The van der Waals surface area contributed by atoms with Crippen LogP contribution in [-0.4, -0.2) is 41.5 Å². The first-order chi connectivity index (χ1) is 10.5. The van der Waals surface area contributed by atoms with Crippen LogP contribution < -0.4 is 10.9 Å². The molecule has 2 unspecified atom stereocenters. The minimum absolute atomic E-state index is 0.0750. The van der Waals surface area contributed by atoms with Crippen LogP contribution in [0.3, 0.4) is 0 Å². The van der Waals surface area contributed by atoms with Crippen molar-refractivity contribution in [2.24, 2.45) is 5.92 Å². The van der Waals surface area contributed by atoms with E-state index in [4.69, 9.17) is 5.11 Å². The Labute approximate surface area is 128 Å². The lowest BCUT2D eigenvalue weighted by Gasteiger charge is -2.26. The molecule has 1 aromatic carbocycles. The van der Waals surface area contributed by atoms with Crippen molar-refractivity contribution in [2.45, 2.75) is 19.4 Å². The molecule has 2 rings (SSSR count). The van der Waals surface area contributed by atoms with Gasteiger partial charge in [0.2, 0.25) is 5.91 Å². The van der Waals surface area contributed by atoms with Gasteiger partial charge in [-0.3, -0.25) is 15.0 Å². The zero-order valence-electron chi connectivity index (χ0n) is 12.4. The molecule has 22 heavy (non-hydrogen) atoms. The lowest BCUT2D eigenvalue weighted by molar-refractivity contribution is -0.139. The van der Waals surface area contributed by atoms with Gasteiger partial charge in [0.05, 0.1) is 18.4 Å². The molecule has 0 saturated carbocycles. The number of halogens is 1. The Balaban J connectivity index is 2.09. The third-order valence-electron chi connectivity index (χ3n) is 3.82. The van der Waals surface area contributed by atoms with Gasteiger partial charge >= 0.3 is 5.97 Å². The first kappa shape index (κ1) is 16.4. The largest absolute Gasteiger partial charge is 0.481 e. The number of nitrogens with zero attached hydrogens (tertiary/aromatic N) is 1. The number of carbonyl (C=O) groups is 2. The van der Waals surface area contributed by atoms with Crippen LogP contribution in [-0.2, 0) is 9.59 Å². The molecule has 1 heterocycles. The van der Waals surface area contributed by atoms with Crippen molar-refractivity contribution in [3.05, 3.63) is 35.6 Å². The van der Waals surface area contributed by atoms with E-state index in [1.807, 2.05) is 6.92 Å². The van der Waals surface area contributed by atoms with Crippen LogP contribution in [0.1, 0.15) is 24.9 Å². The number of hydrogen-bond acceptors (Lipinski definition) is 4. The van der Waals surface area contributed by atoms with Gasteiger partial charge in [0.15, 0.2) is 0 Å². The van der Waals surface area contributed by atoms with Gasteiger partial charge in [0.25, 0.3) is 0 Å². The van der Waals surface area contributed by atoms with Crippen molar-refractivity contribution >= 4 is 11.9 Å². The molecule has 1 aliphatic heterocycles. The number of nitrogens with one attached hydrogen (secondary N) is 2. The number of rotatable bonds is 6. The summed E-state index contributed by atoms with van der Waals surface area (Å²) < 4.78 is 13.0. The van der Waals surface area contributed by atoms with Crippen LogP contribution >= 0.6 is 0 Å². The topological polar surface area (TPSA) is 81.7 Å². The van der Waals surface area contributed by atoms with E-state index in [9.17, 15) is 14.0 Å². The summed E-state index contributed by atoms with van der Waals surface area (Å²) in [5, 5.41) is 8.76. The van der Waals surface area contributed by atoms with Crippen molar-refractivity contribution < 1.29 is 19.1 Å². The predicted octanol–water partition coefficient (Wildman–Crippen LogP) is 0.914. The van der Waals surface area contributed by atoms with Crippen molar-refractivity contribution in [2.75, 3.05) is 19.6 Å². The highest BCUT2D eigenvalue weighted by molar-refractivity contribution is 5.81. The molecule has 120 valence electrons. The molecule has 7 heteroatoms. The number of hydrazine groups is 1. The van der Waals surface area contributed by atoms with Gasteiger partial charge in [-0.2, -0.15) is 0 Å². The molecule has 1 aromatic rings. The monoisotopic (exact) mass is 309 g/mol. The van der Waals surface area contributed by atoms with Gasteiger partial charge in [-0.15, -0.1) is 0 Å². The van der Waals surface area contributed by atoms with E-state index in [1.54, 1.807) is 17.0 Å².